The van der Waals surface area contributed by atoms with E-state index in [4.69, 9.17) is 10.5 Å². The Morgan fingerprint density at radius 2 is 1.80 bits per heavy atom. The Kier molecular flexibility index (Phi) is 12.9. The lowest BCUT2D eigenvalue weighted by Gasteiger charge is -2.32. The number of nitrogens with one attached hydrogen (secondary N) is 1. The molecule has 0 bridgehead atoms. The molecule has 20 heavy (non-hydrogen) atoms. The first-order chi connectivity index (χ1) is 8.50. The summed E-state index contributed by atoms with van der Waals surface area (Å²) >= 11 is 0. The smallest absolute Gasteiger partial charge is 0.236 e. The molecule has 0 spiro atoms. The predicted molar refractivity (Wildman–Crippen MR) is 86.8 cm³/mol. The minimum atomic E-state index is -0.387. The average molecular weight is 330 g/mol. The van der Waals surface area contributed by atoms with E-state index in [1.165, 1.54) is 0 Å². The fourth-order valence-corrected chi connectivity index (χ4v) is 2.14. The van der Waals surface area contributed by atoms with Crippen LogP contribution in [0.3, 0.4) is 0 Å². The van der Waals surface area contributed by atoms with Crippen LogP contribution in [-0.4, -0.2) is 55.7 Å². The van der Waals surface area contributed by atoms with Gasteiger partial charge in [0.1, 0.15) is 0 Å². The van der Waals surface area contributed by atoms with E-state index in [9.17, 15) is 4.79 Å². The van der Waals surface area contributed by atoms with Crippen molar-refractivity contribution in [2.75, 3.05) is 32.8 Å². The van der Waals surface area contributed by atoms with E-state index in [0.29, 0.717) is 18.5 Å². The minimum Gasteiger partial charge on any atom is -0.379 e. The van der Waals surface area contributed by atoms with Crippen molar-refractivity contribution in [2.45, 2.75) is 39.3 Å². The van der Waals surface area contributed by atoms with Crippen LogP contribution < -0.4 is 11.1 Å². The van der Waals surface area contributed by atoms with Crippen LogP contribution >= 0.6 is 24.8 Å². The maximum absolute atomic E-state index is 11.8. The predicted octanol–water partition coefficient (Wildman–Crippen LogP) is 1.04. The lowest BCUT2D eigenvalue weighted by atomic mass is 10.0. The third-order valence-corrected chi connectivity index (χ3v) is 3.30. The Hall–Kier alpha value is -0.0700. The molecule has 0 aliphatic carbocycles. The van der Waals surface area contributed by atoms with E-state index in [0.717, 1.165) is 32.7 Å². The van der Waals surface area contributed by atoms with Crippen molar-refractivity contribution in [1.29, 1.82) is 0 Å². The van der Waals surface area contributed by atoms with E-state index >= 15 is 0 Å². The second-order valence-corrected chi connectivity index (χ2v) is 5.48. The molecule has 0 radical (unpaired) electrons. The molecule has 1 unspecified atom stereocenters. The van der Waals surface area contributed by atoms with Crippen molar-refractivity contribution in [3.63, 3.8) is 0 Å². The number of carbonyl (C=O) groups is 1. The van der Waals surface area contributed by atoms with Crippen LogP contribution in [0.15, 0.2) is 0 Å². The van der Waals surface area contributed by atoms with Gasteiger partial charge in [-0.2, -0.15) is 0 Å². The molecule has 122 valence electrons. The highest BCUT2D eigenvalue weighted by Crippen LogP contribution is 2.04. The summed E-state index contributed by atoms with van der Waals surface area (Å²) in [7, 11) is 0. The van der Waals surface area contributed by atoms with Crippen molar-refractivity contribution in [2.24, 2.45) is 11.7 Å². The summed E-state index contributed by atoms with van der Waals surface area (Å²) < 4.78 is 5.31. The highest BCUT2D eigenvalue weighted by Gasteiger charge is 2.19. The van der Waals surface area contributed by atoms with Crippen LogP contribution in [0.1, 0.15) is 27.2 Å². The van der Waals surface area contributed by atoms with Gasteiger partial charge in [0, 0.05) is 25.7 Å². The van der Waals surface area contributed by atoms with Gasteiger partial charge in [-0.1, -0.05) is 13.8 Å². The molecule has 1 heterocycles. The molecule has 1 saturated heterocycles. The van der Waals surface area contributed by atoms with Crippen LogP contribution in [0.4, 0.5) is 0 Å². The third-order valence-electron chi connectivity index (χ3n) is 3.30. The molecule has 1 amide bonds. The summed E-state index contributed by atoms with van der Waals surface area (Å²) in [5, 5.41) is 2.94. The zero-order valence-electron chi connectivity index (χ0n) is 12.6. The maximum Gasteiger partial charge on any atom is 0.236 e. The molecule has 0 saturated carbocycles. The van der Waals surface area contributed by atoms with Gasteiger partial charge in [-0.3, -0.25) is 9.69 Å². The summed E-state index contributed by atoms with van der Waals surface area (Å²) in [6.07, 6.45) is 0.734. The first-order valence-electron chi connectivity index (χ1n) is 6.85. The number of amides is 1. The summed E-state index contributed by atoms with van der Waals surface area (Å²) in [5.74, 6) is 0.409. The number of hydrogen-bond donors (Lipinski definition) is 2. The van der Waals surface area contributed by atoms with Crippen molar-refractivity contribution in [3.05, 3.63) is 0 Å². The fourth-order valence-electron chi connectivity index (χ4n) is 2.14. The van der Waals surface area contributed by atoms with E-state index in [1.807, 2.05) is 0 Å². The quantitative estimate of drug-likeness (QED) is 0.764. The Morgan fingerprint density at radius 1 is 1.25 bits per heavy atom. The van der Waals surface area contributed by atoms with Gasteiger partial charge in [0.15, 0.2) is 0 Å². The highest BCUT2D eigenvalue weighted by atomic mass is 35.5. The summed E-state index contributed by atoms with van der Waals surface area (Å²) in [6, 6.07) is -0.0500. The molecule has 0 aromatic heterocycles. The standard InChI is InChI=1S/C13H27N3O2.2ClH/c1-10(2)8-12(14)13(17)15-9-11(3)16-4-6-18-7-5-16;;/h10-12H,4-9,14H2,1-3H3,(H,15,17);2*1H/t11?,12-;;/m0../s1. The molecular weight excluding hydrogens is 301 g/mol. The molecule has 1 aliphatic heterocycles. The monoisotopic (exact) mass is 329 g/mol. The first kappa shape index (κ1) is 22.2. The van der Waals surface area contributed by atoms with Crippen LogP contribution in [-0.2, 0) is 9.53 Å². The van der Waals surface area contributed by atoms with Gasteiger partial charge in [0.05, 0.1) is 19.3 Å². The molecule has 3 N–H and O–H groups in total. The van der Waals surface area contributed by atoms with Gasteiger partial charge in [0.2, 0.25) is 5.91 Å². The van der Waals surface area contributed by atoms with Crippen molar-refractivity contribution in [1.82, 2.24) is 10.2 Å². The molecule has 0 aromatic rings. The Bertz CT molecular complexity index is 262. The van der Waals surface area contributed by atoms with Gasteiger partial charge in [-0.15, -0.1) is 24.8 Å². The average Bonchev–Trinajstić information content (AvgIpc) is 2.35. The van der Waals surface area contributed by atoms with Crippen molar-refractivity contribution >= 4 is 30.7 Å². The van der Waals surface area contributed by atoms with Gasteiger partial charge in [-0.25, -0.2) is 0 Å². The second kappa shape index (κ2) is 11.6. The summed E-state index contributed by atoms with van der Waals surface area (Å²) in [4.78, 5) is 14.1. The van der Waals surface area contributed by atoms with Crippen molar-refractivity contribution < 1.29 is 9.53 Å². The van der Waals surface area contributed by atoms with Crippen LogP contribution in [0.5, 0.6) is 0 Å². The third kappa shape index (κ3) is 8.27. The Balaban J connectivity index is 0. The molecule has 0 aromatic carbocycles. The normalized spacial score (nSPS) is 18.6. The van der Waals surface area contributed by atoms with Crippen molar-refractivity contribution in [3.8, 4) is 0 Å². The molecule has 1 rings (SSSR count). The van der Waals surface area contributed by atoms with E-state index in [-0.39, 0.29) is 36.8 Å². The molecule has 7 heteroatoms. The van der Waals surface area contributed by atoms with E-state index < -0.39 is 0 Å². The molecular formula is C13H29Cl2N3O2. The first-order valence-corrected chi connectivity index (χ1v) is 6.85. The number of rotatable bonds is 6. The molecule has 1 fully saturated rings. The fraction of sp³-hybridized carbons (Fsp3) is 0.923. The maximum atomic E-state index is 11.8. The van der Waals surface area contributed by atoms with Gasteiger partial charge in [0.25, 0.3) is 0 Å². The zero-order chi connectivity index (χ0) is 13.5. The van der Waals surface area contributed by atoms with Crippen LogP contribution in [0.2, 0.25) is 0 Å². The molecule has 5 nitrogen and oxygen atoms in total. The summed E-state index contributed by atoms with van der Waals surface area (Å²) in [5.41, 5.74) is 5.84. The minimum absolute atomic E-state index is 0. The summed E-state index contributed by atoms with van der Waals surface area (Å²) in [6.45, 7) is 10.4. The Morgan fingerprint density at radius 3 is 2.30 bits per heavy atom. The molecule has 2 atom stereocenters. The van der Waals surface area contributed by atoms with Gasteiger partial charge < -0.3 is 15.8 Å². The number of nitrogens with zero attached hydrogens (tertiary/aromatic N) is 1. The van der Waals surface area contributed by atoms with Crippen LogP contribution in [0.25, 0.3) is 0 Å². The van der Waals surface area contributed by atoms with E-state index in [2.05, 4.69) is 31.0 Å². The van der Waals surface area contributed by atoms with Gasteiger partial charge in [-0.05, 0) is 19.3 Å². The zero-order valence-corrected chi connectivity index (χ0v) is 14.3. The lowest BCUT2D eigenvalue weighted by molar-refractivity contribution is -0.123. The highest BCUT2D eigenvalue weighted by molar-refractivity contribution is 5.85. The number of hydrogen-bond acceptors (Lipinski definition) is 4. The number of ether oxygens (including phenoxy) is 1. The number of morpholine rings is 1. The number of nitrogens with two attached hydrogens (primary N) is 1. The van der Waals surface area contributed by atoms with Gasteiger partial charge >= 0.3 is 0 Å². The molecule has 1 aliphatic rings. The number of halogens is 2. The second-order valence-electron chi connectivity index (χ2n) is 5.48. The van der Waals surface area contributed by atoms with E-state index in [1.54, 1.807) is 0 Å². The number of carbonyl (C=O) groups excluding carboxylic acids is 1. The topological polar surface area (TPSA) is 67.6 Å². The largest absolute Gasteiger partial charge is 0.379 e. The Labute approximate surface area is 134 Å². The van der Waals surface area contributed by atoms with Crippen LogP contribution in [0, 0.1) is 5.92 Å². The SMILES string of the molecule is CC(C)C[C@H](N)C(=O)NCC(C)N1CCOCC1.Cl.Cl. The lowest BCUT2D eigenvalue weighted by Crippen LogP contribution is -2.50.